The molecule has 0 saturated carbocycles. The smallest absolute Gasteiger partial charge is 0.133 e. The third-order valence-electron chi connectivity index (χ3n) is 5.31. The fourth-order valence-corrected chi connectivity index (χ4v) is 4.26. The van der Waals surface area contributed by atoms with E-state index in [1.165, 1.54) is 11.1 Å². The van der Waals surface area contributed by atoms with E-state index in [0.717, 1.165) is 12.1 Å². The van der Waals surface area contributed by atoms with Gasteiger partial charge in [-0.3, -0.25) is 4.68 Å². The molecule has 6 heteroatoms. The van der Waals surface area contributed by atoms with Gasteiger partial charge >= 0.3 is 0 Å². The molecule has 5 nitrogen and oxygen atoms in total. The Balaban J connectivity index is 1.60. The number of imidazole rings is 1. The standard InChI is InChI=1S/C18H17FN4O/c19-8-11-7-15-18(24)14(5-6-23(15)21-11)17-13-4-2-1-3-12(13)16-9-20-10-22(16)17/h1-4,7,9-10,14,17-18,24H,5-6,8H2/t14-,17+,18-/m0/s1. The molecule has 0 spiro atoms. The average molecular weight is 324 g/mol. The van der Waals surface area contributed by atoms with Gasteiger partial charge in [0.2, 0.25) is 0 Å². The third kappa shape index (κ3) is 1.77. The number of fused-ring (bicyclic) bond motifs is 4. The second-order valence-corrected chi connectivity index (χ2v) is 6.53. The first-order valence-electron chi connectivity index (χ1n) is 8.19. The third-order valence-corrected chi connectivity index (χ3v) is 5.31. The zero-order valence-electron chi connectivity index (χ0n) is 13.0. The topological polar surface area (TPSA) is 55.9 Å². The first kappa shape index (κ1) is 13.9. The van der Waals surface area contributed by atoms with E-state index in [0.29, 0.717) is 17.9 Å². The van der Waals surface area contributed by atoms with Crippen molar-refractivity contribution in [1.29, 1.82) is 0 Å². The molecule has 3 atom stereocenters. The van der Waals surface area contributed by atoms with Gasteiger partial charge in [0.1, 0.15) is 12.8 Å². The predicted molar refractivity (Wildman–Crippen MR) is 85.9 cm³/mol. The summed E-state index contributed by atoms with van der Waals surface area (Å²) in [5, 5.41) is 15.2. The Kier molecular flexibility index (Phi) is 2.91. The normalized spacial score (nSPS) is 24.5. The maximum atomic E-state index is 12.9. The number of alkyl halides is 1. The van der Waals surface area contributed by atoms with Crippen molar-refractivity contribution in [2.24, 2.45) is 5.92 Å². The van der Waals surface area contributed by atoms with E-state index in [1.807, 2.05) is 24.7 Å². The molecule has 2 aliphatic heterocycles. The molecule has 4 heterocycles. The number of aliphatic hydroxyl groups excluding tert-OH is 1. The highest BCUT2D eigenvalue weighted by atomic mass is 19.1. The zero-order chi connectivity index (χ0) is 16.3. The second-order valence-electron chi connectivity index (χ2n) is 6.53. The Bertz CT molecular complexity index is 915. The number of hydrogen-bond acceptors (Lipinski definition) is 3. The molecule has 0 amide bonds. The van der Waals surface area contributed by atoms with Gasteiger partial charge in [0.15, 0.2) is 0 Å². The van der Waals surface area contributed by atoms with Gasteiger partial charge in [-0.1, -0.05) is 24.3 Å². The Morgan fingerprint density at radius 1 is 1.29 bits per heavy atom. The van der Waals surface area contributed by atoms with Crippen molar-refractivity contribution in [3.63, 3.8) is 0 Å². The molecule has 122 valence electrons. The molecule has 0 aliphatic carbocycles. The lowest BCUT2D eigenvalue weighted by Gasteiger charge is -2.34. The van der Waals surface area contributed by atoms with Crippen LogP contribution in [-0.2, 0) is 13.2 Å². The van der Waals surface area contributed by atoms with Crippen LogP contribution in [0.3, 0.4) is 0 Å². The Morgan fingerprint density at radius 3 is 3.04 bits per heavy atom. The number of aryl methyl sites for hydroxylation is 1. The quantitative estimate of drug-likeness (QED) is 0.788. The fourth-order valence-electron chi connectivity index (χ4n) is 4.26. The van der Waals surface area contributed by atoms with Crippen LogP contribution in [0, 0.1) is 5.92 Å². The molecule has 0 saturated heterocycles. The summed E-state index contributed by atoms with van der Waals surface area (Å²) in [5.41, 5.74) is 4.59. The van der Waals surface area contributed by atoms with Crippen molar-refractivity contribution in [3.8, 4) is 11.3 Å². The van der Waals surface area contributed by atoms with Crippen LogP contribution in [0.1, 0.15) is 35.5 Å². The predicted octanol–water partition coefficient (Wildman–Crippen LogP) is 2.87. The lowest BCUT2D eigenvalue weighted by molar-refractivity contribution is 0.0525. The molecule has 24 heavy (non-hydrogen) atoms. The number of hydrogen-bond donors (Lipinski definition) is 1. The highest BCUT2D eigenvalue weighted by Crippen LogP contribution is 2.48. The van der Waals surface area contributed by atoms with Gasteiger partial charge in [0, 0.05) is 18.0 Å². The molecule has 1 aromatic carbocycles. The van der Waals surface area contributed by atoms with Crippen LogP contribution < -0.4 is 0 Å². The summed E-state index contributed by atoms with van der Waals surface area (Å²) in [6.45, 7) is 0.0923. The van der Waals surface area contributed by atoms with Gasteiger partial charge in [-0.15, -0.1) is 0 Å². The Labute approximate surface area is 138 Å². The summed E-state index contributed by atoms with van der Waals surface area (Å²) in [6, 6.07) is 10.0. The Hall–Kier alpha value is -2.47. The monoisotopic (exact) mass is 324 g/mol. The minimum absolute atomic E-state index is 0.0123. The van der Waals surface area contributed by atoms with Crippen LogP contribution in [0.4, 0.5) is 4.39 Å². The number of aliphatic hydroxyl groups is 1. The summed E-state index contributed by atoms with van der Waals surface area (Å²) >= 11 is 0. The lowest BCUT2D eigenvalue weighted by atomic mass is 9.83. The SMILES string of the molecule is O[C@@H]1c2cc(CF)nn2CC[C@H]1[C@H]1c2ccccc2-c2cncn21. The number of benzene rings is 1. The molecule has 5 rings (SSSR count). The molecule has 2 aliphatic rings. The van der Waals surface area contributed by atoms with Crippen molar-refractivity contribution in [2.75, 3.05) is 0 Å². The van der Waals surface area contributed by atoms with E-state index in [-0.39, 0.29) is 12.0 Å². The summed E-state index contributed by atoms with van der Waals surface area (Å²) in [6.07, 6.45) is 3.83. The first-order chi connectivity index (χ1) is 11.8. The van der Waals surface area contributed by atoms with Gasteiger partial charge in [-0.05, 0) is 18.1 Å². The van der Waals surface area contributed by atoms with E-state index >= 15 is 0 Å². The average Bonchev–Trinajstić information content (AvgIpc) is 3.29. The molecule has 0 unspecified atom stereocenters. The van der Waals surface area contributed by atoms with Crippen molar-refractivity contribution in [2.45, 2.75) is 31.8 Å². The van der Waals surface area contributed by atoms with Gasteiger partial charge in [0.05, 0.1) is 35.6 Å². The van der Waals surface area contributed by atoms with Gasteiger partial charge < -0.3 is 9.67 Å². The molecule has 0 radical (unpaired) electrons. The summed E-state index contributed by atoms with van der Waals surface area (Å²) < 4.78 is 16.8. The second kappa shape index (κ2) is 5.01. The largest absolute Gasteiger partial charge is 0.386 e. The first-order valence-corrected chi connectivity index (χ1v) is 8.19. The van der Waals surface area contributed by atoms with Crippen molar-refractivity contribution < 1.29 is 9.50 Å². The molecule has 2 aromatic heterocycles. The van der Waals surface area contributed by atoms with Gasteiger partial charge in [0.25, 0.3) is 0 Å². The number of nitrogens with zero attached hydrogens (tertiary/aromatic N) is 4. The van der Waals surface area contributed by atoms with E-state index in [1.54, 1.807) is 10.7 Å². The van der Waals surface area contributed by atoms with E-state index in [9.17, 15) is 9.50 Å². The summed E-state index contributed by atoms with van der Waals surface area (Å²) in [7, 11) is 0. The van der Waals surface area contributed by atoms with E-state index in [2.05, 4.69) is 26.8 Å². The number of aromatic nitrogens is 4. The molecular weight excluding hydrogens is 307 g/mol. The molecule has 0 fully saturated rings. The highest BCUT2D eigenvalue weighted by Gasteiger charge is 2.41. The fraction of sp³-hybridized carbons (Fsp3) is 0.333. The summed E-state index contributed by atoms with van der Waals surface area (Å²) in [5.74, 6) is 0.0123. The van der Waals surface area contributed by atoms with Crippen LogP contribution in [0.25, 0.3) is 11.3 Å². The van der Waals surface area contributed by atoms with Crippen LogP contribution >= 0.6 is 0 Å². The van der Waals surface area contributed by atoms with E-state index < -0.39 is 12.8 Å². The van der Waals surface area contributed by atoms with Crippen molar-refractivity contribution >= 4 is 0 Å². The minimum atomic E-state index is -0.669. The zero-order valence-corrected chi connectivity index (χ0v) is 13.0. The molecule has 3 aromatic rings. The molecule has 1 N–H and O–H groups in total. The van der Waals surface area contributed by atoms with Crippen LogP contribution in [0.15, 0.2) is 42.9 Å². The van der Waals surface area contributed by atoms with Crippen molar-refractivity contribution in [3.05, 3.63) is 59.8 Å². The number of halogens is 1. The van der Waals surface area contributed by atoms with Crippen molar-refractivity contribution in [1.82, 2.24) is 19.3 Å². The molecular formula is C18H17FN4O. The minimum Gasteiger partial charge on any atom is -0.386 e. The van der Waals surface area contributed by atoms with Gasteiger partial charge in [-0.2, -0.15) is 5.10 Å². The van der Waals surface area contributed by atoms with Gasteiger partial charge in [-0.25, -0.2) is 9.37 Å². The van der Waals surface area contributed by atoms with E-state index in [4.69, 9.17) is 0 Å². The maximum Gasteiger partial charge on any atom is 0.133 e. The Morgan fingerprint density at radius 2 is 2.17 bits per heavy atom. The lowest BCUT2D eigenvalue weighted by Crippen LogP contribution is -2.31. The number of rotatable bonds is 2. The highest BCUT2D eigenvalue weighted by molar-refractivity contribution is 5.69. The van der Waals surface area contributed by atoms with Crippen LogP contribution in [0.2, 0.25) is 0 Å². The van der Waals surface area contributed by atoms with Crippen LogP contribution in [0.5, 0.6) is 0 Å². The van der Waals surface area contributed by atoms with Crippen LogP contribution in [-0.4, -0.2) is 24.4 Å². The summed E-state index contributed by atoms with van der Waals surface area (Å²) in [4.78, 5) is 4.29. The molecule has 0 bridgehead atoms. The maximum absolute atomic E-state index is 12.9.